The van der Waals surface area contributed by atoms with E-state index in [9.17, 15) is 0 Å². The van der Waals surface area contributed by atoms with Gasteiger partial charge in [0.15, 0.2) is 19.5 Å². The average Bonchev–Trinajstić information content (AvgIpc) is 2.78. The van der Waals surface area contributed by atoms with Gasteiger partial charge < -0.3 is 37.3 Å². The lowest BCUT2D eigenvalue weighted by Crippen LogP contribution is -2.44. The largest absolute Gasteiger partial charge is 0.416 e. The van der Waals surface area contributed by atoms with Crippen LogP contribution in [-0.4, -0.2) is 97.6 Å². The average molecular weight is 528 g/mol. The zero-order valence-electron chi connectivity index (χ0n) is 20.2. The first-order valence-electron chi connectivity index (χ1n) is 10.8. The second kappa shape index (κ2) is 23.8. The molecular formula is C19H44Cl2O8Si2. The van der Waals surface area contributed by atoms with Crippen molar-refractivity contribution in [3.8, 4) is 0 Å². The van der Waals surface area contributed by atoms with Gasteiger partial charge in [0.05, 0.1) is 0 Å². The Bertz CT molecular complexity index is 345. The third-order valence-corrected chi connectivity index (χ3v) is 7.03. The molecule has 0 aromatic heterocycles. The summed E-state index contributed by atoms with van der Waals surface area (Å²) in [4.78, 5) is 0. The molecule has 0 aromatic rings. The number of rotatable bonds is 21. The first-order valence-corrected chi connectivity index (χ1v) is 15.1. The van der Waals surface area contributed by atoms with Crippen molar-refractivity contribution in [1.82, 2.24) is 0 Å². The van der Waals surface area contributed by atoms with E-state index in [1.54, 1.807) is 0 Å². The second-order valence-electron chi connectivity index (χ2n) is 6.17. The predicted octanol–water partition coefficient (Wildman–Crippen LogP) is 2.62. The second-order valence-corrected chi connectivity index (χ2v) is 9.98. The maximum absolute atomic E-state index is 5.66. The van der Waals surface area contributed by atoms with Crippen LogP contribution < -0.4 is 0 Å². The molecule has 190 valence electrons. The van der Waals surface area contributed by atoms with Crippen molar-refractivity contribution >= 4 is 42.7 Å². The molecule has 0 atom stereocenters. The highest BCUT2D eigenvalue weighted by Crippen LogP contribution is 2.16. The summed E-state index contributed by atoms with van der Waals surface area (Å²) >= 11 is 11.2. The van der Waals surface area contributed by atoms with Gasteiger partial charge in [-0.25, -0.2) is 0 Å². The molecule has 0 aromatic carbocycles. The molecule has 31 heavy (non-hydrogen) atoms. The van der Waals surface area contributed by atoms with Crippen LogP contribution in [0, 0.1) is 0 Å². The maximum atomic E-state index is 5.66. The minimum absolute atomic E-state index is 0.311. The molecule has 0 bridgehead atoms. The normalized spacial score (nSPS) is 12.8. The van der Waals surface area contributed by atoms with Crippen LogP contribution in [0.4, 0.5) is 0 Å². The smallest absolute Gasteiger partial charge is 0.306 e. The monoisotopic (exact) mass is 526 g/mol. The van der Waals surface area contributed by atoms with Gasteiger partial charge in [-0.2, -0.15) is 0 Å². The fourth-order valence-corrected chi connectivity index (χ4v) is 5.45. The quantitative estimate of drug-likeness (QED) is 0.0977. The van der Waals surface area contributed by atoms with Gasteiger partial charge in [0.2, 0.25) is 0 Å². The molecule has 8 nitrogen and oxygen atoms in total. The van der Waals surface area contributed by atoms with Crippen LogP contribution in [0.5, 0.6) is 0 Å². The SMILES string of the molecule is CCOC(CO[SiH2]CCCCl)(OCC)OCC.COC(CO[SiH2]CCCCl)(OC)OC. The summed E-state index contributed by atoms with van der Waals surface area (Å²) in [6, 6.07) is 2.14. The van der Waals surface area contributed by atoms with E-state index in [1.165, 1.54) is 21.3 Å². The van der Waals surface area contributed by atoms with E-state index in [1.807, 2.05) is 20.8 Å². The topological polar surface area (TPSA) is 73.8 Å². The number of methoxy groups -OCH3 is 3. The number of halogens is 2. The summed E-state index contributed by atoms with van der Waals surface area (Å²) in [6.07, 6.45) is 2.02. The van der Waals surface area contributed by atoms with Gasteiger partial charge in [-0.1, -0.05) is 0 Å². The number of ether oxygens (including phenoxy) is 6. The Morgan fingerprint density at radius 2 is 0.968 bits per heavy atom. The highest BCUT2D eigenvalue weighted by Gasteiger charge is 2.32. The van der Waals surface area contributed by atoms with Gasteiger partial charge in [-0.15, -0.1) is 23.2 Å². The van der Waals surface area contributed by atoms with Crippen molar-refractivity contribution < 1.29 is 37.3 Å². The van der Waals surface area contributed by atoms with Gasteiger partial charge in [0.25, 0.3) is 0 Å². The van der Waals surface area contributed by atoms with Crippen LogP contribution in [0.2, 0.25) is 12.1 Å². The van der Waals surface area contributed by atoms with Crippen molar-refractivity contribution in [3.63, 3.8) is 0 Å². The van der Waals surface area contributed by atoms with E-state index in [0.29, 0.717) is 44.8 Å². The van der Waals surface area contributed by atoms with Gasteiger partial charge in [-0.3, -0.25) is 0 Å². The van der Waals surface area contributed by atoms with Crippen molar-refractivity contribution in [2.45, 2.75) is 57.6 Å². The Morgan fingerprint density at radius 3 is 1.26 bits per heavy atom. The molecule has 0 amide bonds. The van der Waals surface area contributed by atoms with E-state index in [0.717, 1.165) is 24.9 Å². The minimum Gasteiger partial charge on any atom is -0.416 e. The summed E-state index contributed by atoms with van der Waals surface area (Å²) < 4.78 is 43.0. The Balaban J connectivity index is 0. The van der Waals surface area contributed by atoms with Crippen molar-refractivity contribution in [2.24, 2.45) is 0 Å². The molecule has 0 aliphatic heterocycles. The Labute approximate surface area is 203 Å². The molecule has 0 heterocycles. The molecule has 0 spiro atoms. The lowest BCUT2D eigenvalue weighted by Gasteiger charge is -2.32. The minimum atomic E-state index is -1.05. The molecule has 0 rings (SSSR count). The third-order valence-electron chi connectivity index (χ3n) is 3.93. The molecule has 12 heteroatoms. The van der Waals surface area contributed by atoms with E-state index < -0.39 is 31.5 Å². The lowest BCUT2D eigenvalue weighted by molar-refractivity contribution is -0.385. The van der Waals surface area contributed by atoms with Crippen LogP contribution in [0.25, 0.3) is 0 Å². The number of alkyl halides is 2. The summed E-state index contributed by atoms with van der Waals surface area (Å²) in [5.41, 5.74) is 0. The highest BCUT2D eigenvalue weighted by molar-refractivity contribution is 6.27. The van der Waals surface area contributed by atoms with Gasteiger partial charge in [0.1, 0.15) is 13.2 Å². The van der Waals surface area contributed by atoms with Crippen molar-refractivity contribution in [3.05, 3.63) is 0 Å². The first-order chi connectivity index (χ1) is 15.0. The van der Waals surface area contributed by atoms with E-state index in [4.69, 9.17) is 60.5 Å². The van der Waals surface area contributed by atoms with Crippen molar-refractivity contribution in [1.29, 1.82) is 0 Å². The maximum Gasteiger partial charge on any atom is 0.306 e. The summed E-state index contributed by atoms with van der Waals surface area (Å²) in [5.74, 6) is -0.676. The standard InChI is InChI=1S/C11H25ClO4Si.C8H19ClO4Si/c1-4-13-11(14-5-2,15-6-3)10-16-17-9-7-8-12;1-10-8(11-2,12-3)7-13-14-6-4-5-9/h4-10,17H2,1-3H3;4-7,14H2,1-3H3. The Hall–Kier alpha value is 0.694. The molecule has 0 saturated heterocycles. The van der Waals surface area contributed by atoms with Crippen LogP contribution >= 0.6 is 23.2 Å². The summed E-state index contributed by atoms with van der Waals surface area (Å²) in [5, 5.41) is 0. The molecule has 0 unspecified atom stereocenters. The van der Waals surface area contributed by atoms with E-state index in [-0.39, 0.29) is 0 Å². The molecule has 0 aliphatic carbocycles. The predicted molar refractivity (Wildman–Crippen MR) is 131 cm³/mol. The molecule has 0 saturated carbocycles. The lowest BCUT2D eigenvalue weighted by atomic mass is 10.5. The van der Waals surface area contributed by atoms with Crippen molar-refractivity contribution in [2.75, 3.05) is 66.1 Å². The molecule has 0 fully saturated rings. The van der Waals surface area contributed by atoms with Crippen LogP contribution in [-0.2, 0) is 37.3 Å². The molecular weight excluding hydrogens is 483 g/mol. The Morgan fingerprint density at radius 1 is 0.613 bits per heavy atom. The molecule has 0 radical (unpaired) electrons. The fourth-order valence-electron chi connectivity index (χ4n) is 2.33. The van der Waals surface area contributed by atoms with Gasteiger partial charge in [0, 0.05) is 52.9 Å². The number of hydrogen-bond acceptors (Lipinski definition) is 8. The van der Waals surface area contributed by atoms with Crippen LogP contribution in [0.15, 0.2) is 0 Å². The fraction of sp³-hybridized carbons (Fsp3) is 1.00. The van der Waals surface area contributed by atoms with Gasteiger partial charge >= 0.3 is 11.9 Å². The van der Waals surface area contributed by atoms with E-state index in [2.05, 4.69) is 0 Å². The number of hydrogen-bond donors (Lipinski definition) is 0. The summed E-state index contributed by atoms with van der Waals surface area (Å²) in [6.45, 7) is 8.00. The third kappa shape index (κ3) is 17.8. The highest BCUT2D eigenvalue weighted by atomic mass is 35.5. The van der Waals surface area contributed by atoms with E-state index >= 15 is 0 Å². The first kappa shape index (κ1) is 33.9. The van der Waals surface area contributed by atoms with Crippen LogP contribution in [0.3, 0.4) is 0 Å². The summed E-state index contributed by atoms with van der Waals surface area (Å²) in [7, 11) is 3.49. The molecule has 0 aliphatic rings. The van der Waals surface area contributed by atoms with Gasteiger partial charge in [-0.05, 0) is 45.7 Å². The zero-order chi connectivity index (χ0) is 23.8. The molecule has 0 N–H and O–H groups in total. The zero-order valence-corrected chi connectivity index (χ0v) is 24.6. The Kier molecular flexibility index (Phi) is 26.0. The van der Waals surface area contributed by atoms with Crippen LogP contribution in [0.1, 0.15) is 33.6 Å².